The number of anilines is 1. The lowest BCUT2D eigenvalue weighted by atomic mass is 10.2. The number of hydrogen-bond acceptors (Lipinski definition) is 4. The highest BCUT2D eigenvalue weighted by atomic mass is 35.5. The molecule has 0 saturated heterocycles. The molecule has 0 aromatic heterocycles. The highest BCUT2D eigenvalue weighted by Crippen LogP contribution is 2.29. The fraction of sp³-hybridized carbons (Fsp3) is 0.125. The van der Waals surface area contributed by atoms with Crippen LogP contribution in [-0.2, 0) is 0 Å². The number of rotatable bonds is 5. The topological polar surface area (TPSA) is 76.8 Å². The first-order valence-corrected chi connectivity index (χ1v) is 7.89. The van der Waals surface area contributed by atoms with Crippen LogP contribution in [0.15, 0.2) is 42.5 Å². The van der Waals surface area contributed by atoms with Crippen LogP contribution in [-0.4, -0.2) is 24.7 Å². The van der Waals surface area contributed by atoms with Gasteiger partial charge in [-0.05, 0) is 54.7 Å². The van der Waals surface area contributed by atoms with Gasteiger partial charge in [0.05, 0.1) is 12.8 Å². The molecule has 3 N–H and O–H groups in total. The van der Waals surface area contributed by atoms with E-state index in [0.717, 1.165) is 0 Å². The van der Waals surface area contributed by atoms with Crippen LogP contribution < -0.4 is 25.6 Å². The standard InChI is InChI=1S/C16H14ClF2N3O3S/c1-24-13-8-9(2-7-12(13)25-15(18)19)14(23)21-22(16(20)26)11-5-3-10(17)4-6-11/h2-8,15H,1H3,(H2,20,26)(H,21,23). The average Bonchev–Trinajstić information content (AvgIpc) is 2.60. The number of hydrazine groups is 1. The first-order chi connectivity index (χ1) is 12.3. The highest BCUT2D eigenvalue weighted by molar-refractivity contribution is 7.80. The van der Waals surface area contributed by atoms with Gasteiger partial charge in [0.2, 0.25) is 0 Å². The van der Waals surface area contributed by atoms with Crippen LogP contribution >= 0.6 is 23.8 Å². The molecule has 0 heterocycles. The predicted octanol–water partition coefficient (Wildman–Crippen LogP) is 3.35. The summed E-state index contributed by atoms with van der Waals surface area (Å²) in [5.41, 5.74) is 8.78. The van der Waals surface area contributed by atoms with Crippen molar-refractivity contribution in [3.05, 3.63) is 53.1 Å². The molecule has 2 rings (SSSR count). The lowest BCUT2D eigenvalue weighted by Crippen LogP contribution is -2.49. The number of hydrogen-bond donors (Lipinski definition) is 2. The Morgan fingerprint density at radius 3 is 2.42 bits per heavy atom. The molecule has 0 aliphatic heterocycles. The maximum Gasteiger partial charge on any atom is 0.387 e. The van der Waals surface area contributed by atoms with Crippen molar-refractivity contribution in [1.82, 2.24) is 5.43 Å². The molecule has 26 heavy (non-hydrogen) atoms. The van der Waals surface area contributed by atoms with E-state index in [1.807, 2.05) is 0 Å². The quantitative estimate of drug-likeness (QED) is 0.591. The van der Waals surface area contributed by atoms with E-state index < -0.39 is 12.5 Å². The van der Waals surface area contributed by atoms with E-state index in [2.05, 4.69) is 10.2 Å². The monoisotopic (exact) mass is 401 g/mol. The largest absolute Gasteiger partial charge is 0.493 e. The Hall–Kier alpha value is -2.65. The molecule has 0 radical (unpaired) electrons. The summed E-state index contributed by atoms with van der Waals surface area (Å²) in [6.45, 7) is -3.02. The number of amides is 1. The molecule has 10 heteroatoms. The van der Waals surface area contributed by atoms with Gasteiger partial charge in [0, 0.05) is 10.6 Å². The highest BCUT2D eigenvalue weighted by Gasteiger charge is 2.17. The summed E-state index contributed by atoms with van der Waals surface area (Å²) in [7, 11) is 1.27. The Balaban J connectivity index is 2.24. The number of carbonyl (C=O) groups is 1. The summed E-state index contributed by atoms with van der Waals surface area (Å²) in [5, 5.41) is 1.58. The summed E-state index contributed by atoms with van der Waals surface area (Å²) < 4.78 is 34.0. The second-order valence-electron chi connectivity index (χ2n) is 4.84. The van der Waals surface area contributed by atoms with Crippen LogP contribution in [0.25, 0.3) is 0 Å². The molecule has 2 aromatic rings. The molecule has 0 aliphatic carbocycles. The molecule has 1 amide bonds. The van der Waals surface area contributed by atoms with Gasteiger partial charge in [0.15, 0.2) is 16.6 Å². The van der Waals surface area contributed by atoms with Gasteiger partial charge in [-0.15, -0.1) is 0 Å². The van der Waals surface area contributed by atoms with Gasteiger partial charge in [0.25, 0.3) is 5.91 Å². The number of ether oxygens (including phenoxy) is 2. The van der Waals surface area contributed by atoms with Crippen LogP contribution in [0.3, 0.4) is 0 Å². The summed E-state index contributed by atoms with van der Waals surface area (Å²) in [6, 6.07) is 10.2. The number of alkyl halides is 2. The van der Waals surface area contributed by atoms with E-state index in [1.165, 1.54) is 30.3 Å². The number of nitrogens with zero attached hydrogens (tertiary/aromatic N) is 1. The van der Waals surface area contributed by atoms with Crippen molar-refractivity contribution in [2.24, 2.45) is 5.73 Å². The van der Waals surface area contributed by atoms with Crippen molar-refractivity contribution in [2.45, 2.75) is 6.61 Å². The SMILES string of the molecule is COc1cc(C(=O)NN(C(N)=S)c2ccc(Cl)cc2)ccc1OC(F)F. The molecular formula is C16H14ClF2N3O3S. The summed E-state index contributed by atoms with van der Waals surface area (Å²) in [4.78, 5) is 12.5. The molecule has 0 atom stereocenters. The van der Waals surface area contributed by atoms with E-state index in [0.29, 0.717) is 10.7 Å². The van der Waals surface area contributed by atoms with E-state index in [1.54, 1.807) is 24.3 Å². The molecule has 0 bridgehead atoms. The molecule has 0 spiro atoms. The van der Waals surface area contributed by atoms with Crippen LogP contribution in [0, 0.1) is 0 Å². The lowest BCUT2D eigenvalue weighted by Gasteiger charge is -2.23. The van der Waals surface area contributed by atoms with E-state index >= 15 is 0 Å². The number of methoxy groups -OCH3 is 1. The smallest absolute Gasteiger partial charge is 0.387 e. The zero-order chi connectivity index (χ0) is 19.3. The Bertz CT molecular complexity index is 806. The van der Waals surface area contributed by atoms with E-state index in [4.69, 9.17) is 34.3 Å². The Kier molecular flexibility index (Phi) is 6.53. The molecule has 0 unspecified atom stereocenters. The average molecular weight is 402 g/mol. The third-order valence-corrected chi connectivity index (χ3v) is 3.59. The van der Waals surface area contributed by atoms with Crippen molar-refractivity contribution in [3.63, 3.8) is 0 Å². The Morgan fingerprint density at radius 1 is 1.23 bits per heavy atom. The van der Waals surface area contributed by atoms with Gasteiger partial charge in [-0.2, -0.15) is 8.78 Å². The molecule has 0 aliphatic rings. The number of nitrogens with one attached hydrogen (secondary N) is 1. The van der Waals surface area contributed by atoms with E-state index in [9.17, 15) is 13.6 Å². The molecular weight excluding hydrogens is 388 g/mol. The maximum absolute atomic E-state index is 12.5. The zero-order valence-corrected chi connectivity index (χ0v) is 15.0. The number of nitrogens with two attached hydrogens (primary N) is 1. The number of benzene rings is 2. The van der Waals surface area contributed by atoms with Crippen molar-refractivity contribution < 1.29 is 23.0 Å². The lowest BCUT2D eigenvalue weighted by molar-refractivity contribution is -0.0512. The van der Waals surface area contributed by atoms with Crippen LogP contribution in [0.5, 0.6) is 11.5 Å². The predicted molar refractivity (Wildman–Crippen MR) is 97.8 cm³/mol. The van der Waals surface area contributed by atoms with Crippen molar-refractivity contribution in [3.8, 4) is 11.5 Å². The van der Waals surface area contributed by atoms with Gasteiger partial charge < -0.3 is 15.2 Å². The normalized spacial score (nSPS) is 10.3. The fourth-order valence-corrected chi connectivity index (χ4v) is 2.28. The van der Waals surface area contributed by atoms with Crippen molar-refractivity contribution in [1.29, 1.82) is 0 Å². The summed E-state index contributed by atoms with van der Waals surface area (Å²) in [6.07, 6.45) is 0. The molecule has 0 saturated carbocycles. The molecule has 6 nitrogen and oxygen atoms in total. The summed E-state index contributed by atoms with van der Waals surface area (Å²) >= 11 is 10.8. The summed E-state index contributed by atoms with van der Waals surface area (Å²) in [5.74, 6) is -0.802. The number of carbonyl (C=O) groups excluding carboxylic acids is 1. The van der Waals surface area contributed by atoms with Gasteiger partial charge in [-0.3, -0.25) is 10.2 Å². The molecule has 0 fully saturated rings. The molecule has 2 aromatic carbocycles. The first-order valence-electron chi connectivity index (χ1n) is 7.10. The van der Waals surface area contributed by atoms with Crippen LogP contribution in [0.4, 0.5) is 14.5 Å². The van der Waals surface area contributed by atoms with Crippen molar-refractivity contribution in [2.75, 3.05) is 12.1 Å². The number of halogens is 3. The van der Waals surface area contributed by atoms with E-state index in [-0.39, 0.29) is 22.2 Å². The van der Waals surface area contributed by atoms with Gasteiger partial charge in [0.1, 0.15) is 0 Å². The van der Waals surface area contributed by atoms with Crippen molar-refractivity contribution >= 4 is 40.5 Å². The van der Waals surface area contributed by atoms with Crippen LogP contribution in [0.1, 0.15) is 10.4 Å². The van der Waals surface area contributed by atoms with Gasteiger partial charge in [-0.25, -0.2) is 5.01 Å². The first kappa shape index (κ1) is 19.7. The minimum atomic E-state index is -3.02. The van der Waals surface area contributed by atoms with Gasteiger partial charge >= 0.3 is 6.61 Å². The van der Waals surface area contributed by atoms with Crippen LogP contribution in [0.2, 0.25) is 5.02 Å². The Labute approximate surface area is 158 Å². The maximum atomic E-state index is 12.5. The second kappa shape index (κ2) is 8.63. The minimum Gasteiger partial charge on any atom is -0.493 e. The minimum absolute atomic E-state index is 0.0219. The third kappa shape index (κ3) is 4.93. The van der Waals surface area contributed by atoms with Gasteiger partial charge in [-0.1, -0.05) is 11.6 Å². The third-order valence-electron chi connectivity index (χ3n) is 3.16. The number of thiocarbonyl (C=S) groups is 1. The second-order valence-corrected chi connectivity index (χ2v) is 5.69. The Morgan fingerprint density at radius 2 is 1.88 bits per heavy atom. The fourth-order valence-electron chi connectivity index (χ4n) is 2.01. The zero-order valence-electron chi connectivity index (χ0n) is 13.4. The molecule has 138 valence electrons.